The number of aromatic nitrogens is 1. The number of nitrogens with zero attached hydrogens (tertiary/aromatic N) is 1. The second kappa shape index (κ2) is 8.92. The molecule has 18 heavy (non-hydrogen) atoms. The van der Waals surface area contributed by atoms with Crippen molar-refractivity contribution in [3.05, 3.63) is 29.0 Å². The quantitative estimate of drug-likeness (QED) is 0.402. The van der Waals surface area contributed by atoms with E-state index >= 15 is 0 Å². The molecule has 0 saturated carbocycles. The van der Waals surface area contributed by atoms with Gasteiger partial charge in [0.2, 0.25) is 0 Å². The number of halogens is 1. The van der Waals surface area contributed by atoms with E-state index in [1.54, 1.807) is 18.3 Å². The lowest BCUT2D eigenvalue weighted by Crippen LogP contribution is -2.07. The van der Waals surface area contributed by atoms with Crippen LogP contribution < -0.4 is 0 Å². The van der Waals surface area contributed by atoms with E-state index < -0.39 is 0 Å². The Morgan fingerprint density at radius 2 is 2.00 bits per heavy atom. The summed E-state index contributed by atoms with van der Waals surface area (Å²) in [5, 5.41) is 0.199. The molecule has 0 N–H and O–H groups in total. The second-order valence-electron chi connectivity index (χ2n) is 4.25. The van der Waals surface area contributed by atoms with Crippen molar-refractivity contribution in [2.24, 2.45) is 0 Å². The predicted octanol–water partition coefficient (Wildman–Crippen LogP) is 4.25. The Kier molecular flexibility index (Phi) is 7.42. The molecule has 0 unspecified atom stereocenters. The highest BCUT2D eigenvalue weighted by atomic mass is 35.5. The molecule has 0 aromatic carbocycles. The first-order valence-corrected chi connectivity index (χ1v) is 6.91. The van der Waals surface area contributed by atoms with Crippen molar-refractivity contribution in [3.8, 4) is 0 Å². The molecule has 0 aliphatic heterocycles. The lowest BCUT2D eigenvalue weighted by molar-refractivity contribution is 0.0497. The molecule has 0 spiro atoms. The van der Waals surface area contributed by atoms with Gasteiger partial charge in [0.15, 0.2) is 0 Å². The second-order valence-corrected chi connectivity index (χ2v) is 4.60. The van der Waals surface area contributed by atoms with E-state index in [4.69, 9.17) is 16.3 Å². The van der Waals surface area contributed by atoms with Gasteiger partial charge in [0.25, 0.3) is 0 Å². The van der Waals surface area contributed by atoms with Crippen LogP contribution in [0, 0.1) is 0 Å². The highest BCUT2D eigenvalue weighted by molar-refractivity contribution is 6.32. The van der Waals surface area contributed by atoms with Crippen molar-refractivity contribution < 1.29 is 9.53 Å². The fourth-order valence-electron chi connectivity index (χ4n) is 1.66. The van der Waals surface area contributed by atoms with E-state index in [1.807, 2.05) is 0 Å². The Balaban J connectivity index is 2.16. The summed E-state index contributed by atoms with van der Waals surface area (Å²) < 4.78 is 5.15. The SMILES string of the molecule is CCCCCCCCOC(=O)c1cccnc1Cl. The number of hydrogen-bond donors (Lipinski definition) is 0. The molecule has 100 valence electrons. The average Bonchev–Trinajstić information content (AvgIpc) is 2.38. The van der Waals surface area contributed by atoms with Crippen molar-refractivity contribution in [1.82, 2.24) is 4.98 Å². The first kappa shape index (κ1) is 15.0. The molecule has 0 saturated heterocycles. The van der Waals surface area contributed by atoms with Gasteiger partial charge in [0, 0.05) is 6.20 Å². The van der Waals surface area contributed by atoms with Crippen LogP contribution in [-0.4, -0.2) is 17.6 Å². The standard InChI is InChI=1S/C14H20ClNO2/c1-2-3-4-5-6-7-11-18-14(17)12-9-8-10-16-13(12)15/h8-10H,2-7,11H2,1H3. The minimum atomic E-state index is -0.387. The van der Waals surface area contributed by atoms with Crippen LogP contribution in [0.15, 0.2) is 18.3 Å². The van der Waals surface area contributed by atoms with Crippen LogP contribution >= 0.6 is 11.6 Å². The Morgan fingerprint density at radius 1 is 1.28 bits per heavy atom. The van der Waals surface area contributed by atoms with Crippen molar-refractivity contribution in [3.63, 3.8) is 0 Å². The topological polar surface area (TPSA) is 39.2 Å². The van der Waals surface area contributed by atoms with Crippen molar-refractivity contribution >= 4 is 17.6 Å². The third-order valence-corrected chi connectivity index (χ3v) is 3.01. The summed E-state index contributed by atoms with van der Waals surface area (Å²) in [4.78, 5) is 15.5. The highest BCUT2D eigenvalue weighted by Gasteiger charge is 2.11. The molecule has 0 fully saturated rings. The summed E-state index contributed by atoms with van der Waals surface area (Å²) in [5.41, 5.74) is 0.338. The van der Waals surface area contributed by atoms with Gasteiger partial charge in [-0.05, 0) is 18.6 Å². The maximum Gasteiger partial charge on any atom is 0.341 e. The molecular weight excluding hydrogens is 250 g/mol. The van der Waals surface area contributed by atoms with Crippen LogP contribution in [0.5, 0.6) is 0 Å². The molecular formula is C14H20ClNO2. The van der Waals surface area contributed by atoms with Gasteiger partial charge in [0.05, 0.1) is 12.2 Å². The summed E-state index contributed by atoms with van der Waals surface area (Å²) in [6.45, 7) is 2.65. The van der Waals surface area contributed by atoms with Crippen LogP contribution in [-0.2, 0) is 4.74 Å². The number of hydrogen-bond acceptors (Lipinski definition) is 3. The zero-order valence-corrected chi connectivity index (χ0v) is 11.6. The number of pyridine rings is 1. The van der Waals surface area contributed by atoms with Crippen LogP contribution in [0.2, 0.25) is 5.15 Å². The van der Waals surface area contributed by atoms with E-state index in [0.29, 0.717) is 12.2 Å². The van der Waals surface area contributed by atoms with Gasteiger partial charge in [-0.25, -0.2) is 9.78 Å². The van der Waals surface area contributed by atoms with Gasteiger partial charge in [0.1, 0.15) is 5.15 Å². The van der Waals surface area contributed by atoms with E-state index in [1.165, 1.54) is 25.7 Å². The van der Waals surface area contributed by atoms with Crippen molar-refractivity contribution in [2.45, 2.75) is 45.4 Å². The van der Waals surface area contributed by atoms with Gasteiger partial charge in [-0.15, -0.1) is 0 Å². The van der Waals surface area contributed by atoms with Gasteiger partial charge in [-0.2, -0.15) is 0 Å². The number of esters is 1. The van der Waals surface area contributed by atoms with Crippen LogP contribution in [0.3, 0.4) is 0 Å². The Morgan fingerprint density at radius 3 is 2.72 bits per heavy atom. The van der Waals surface area contributed by atoms with Crippen LogP contribution in [0.1, 0.15) is 55.8 Å². The monoisotopic (exact) mass is 269 g/mol. The van der Waals surface area contributed by atoms with Crippen molar-refractivity contribution in [2.75, 3.05) is 6.61 Å². The molecule has 0 aliphatic rings. The number of unbranched alkanes of at least 4 members (excludes halogenated alkanes) is 5. The predicted molar refractivity (Wildman–Crippen MR) is 72.9 cm³/mol. The van der Waals surface area contributed by atoms with Crippen LogP contribution in [0.4, 0.5) is 0 Å². The number of carbonyl (C=O) groups is 1. The maximum absolute atomic E-state index is 11.7. The third-order valence-electron chi connectivity index (χ3n) is 2.71. The summed E-state index contributed by atoms with van der Waals surface area (Å²) >= 11 is 5.80. The van der Waals surface area contributed by atoms with E-state index in [0.717, 1.165) is 12.8 Å². The number of rotatable bonds is 8. The molecule has 0 bridgehead atoms. The number of carbonyl (C=O) groups excluding carboxylic acids is 1. The Labute approximate surface area is 114 Å². The number of ether oxygens (including phenoxy) is 1. The minimum Gasteiger partial charge on any atom is -0.462 e. The van der Waals surface area contributed by atoms with E-state index in [9.17, 15) is 4.79 Å². The molecule has 4 heteroatoms. The largest absolute Gasteiger partial charge is 0.462 e. The summed E-state index contributed by atoms with van der Waals surface area (Å²) in [7, 11) is 0. The molecule has 1 rings (SSSR count). The van der Waals surface area contributed by atoms with Gasteiger partial charge in [-0.3, -0.25) is 0 Å². The zero-order valence-electron chi connectivity index (χ0n) is 10.8. The first-order valence-electron chi connectivity index (χ1n) is 6.53. The molecule has 3 nitrogen and oxygen atoms in total. The molecule has 0 atom stereocenters. The van der Waals surface area contributed by atoms with Gasteiger partial charge >= 0.3 is 5.97 Å². The van der Waals surface area contributed by atoms with E-state index in [-0.39, 0.29) is 11.1 Å². The van der Waals surface area contributed by atoms with Gasteiger partial charge in [-0.1, -0.05) is 50.6 Å². The Hall–Kier alpha value is -1.09. The maximum atomic E-state index is 11.7. The molecule has 1 aromatic rings. The molecule has 0 aliphatic carbocycles. The third kappa shape index (κ3) is 5.50. The fraction of sp³-hybridized carbons (Fsp3) is 0.571. The normalized spacial score (nSPS) is 10.3. The van der Waals surface area contributed by atoms with Crippen LogP contribution in [0.25, 0.3) is 0 Å². The summed E-state index contributed by atoms with van der Waals surface area (Å²) in [5.74, 6) is -0.387. The average molecular weight is 270 g/mol. The van der Waals surface area contributed by atoms with Gasteiger partial charge < -0.3 is 4.74 Å². The molecule has 1 aromatic heterocycles. The first-order chi connectivity index (χ1) is 8.75. The summed E-state index contributed by atoms with van der Waals surface area (Å²) in [6, 6.07) is 3.30. The molecule has 0 amide bonds. The van der Waals surface area contributed by atoms with Crippen molar-refractivity contribution in [1.29, 1.82) is 0 Å². The lowest BCUT2D eigenvalue weighted by Gasteiger charge is -2.05. The fourth-order valence-corrected chi connectivity index (χ4v) is 1.86. The minimum absolute atomic E-state index is 0.199. The molecule has 0 radical (unpaired) electrons. The zero-order chi connectivity index (χ0) is 13.2. The van der Waals surface area contributed by atoms with E-state index in [2.05, 4.69) is 11.9 Å². The highest BCUT2D eigenvalue weighted by Crippen LogP contribution is 2.13. The Bertz CT molecular complexity index is 369. The molecule has 1 heterocycles. The summed E-state index contributed by atoms with van der Waals surface area (Å²) in [6.07, 6.45) is 8.56. The smallest absolute Gasteiger partial charge is 0.341 e. The lowest BCUT2D eigenvalue weighted by atomic mass is 10.1.